The van der Waals surface area contributed by atoms with Crippen LogP contribution in [0.1, 0.15) is 23.6 Å². The Morgan fingerprint density at radius 2 is 0.875 bits per heavy atom. The molecule has 2 heteroatoms. The number of hydrogen-bond donors (Lipinski definition) is 0. The topological polar surface area (TPSA) is 25.8 Å². The molecule has 1 atom stereocenters. The van der Waals surface area contributed by atoms with Crippen LogP contribution in [0.25, 0.3) is 66.9 Å². The Morgan fingerprint density at radius 1 is 0.375 bits per heavy atom. The first-order valence-corrected chi connectivity index (χ1v) is 16.5. The first-order valence-electron chi connectivity index (χ1n) is 16.5. The molecule has 48 heavy (non-hydrogen) atoms. The molecular weight excluding hydrogens is 581 g/mol. The van der Waals surface area contributed by atoms with Crippen LogP contribution in [0.3, 0.4) is 0 Å². The van der Waals surface area contributed by atoms with Crippen molar-refractivity contribution in [2.45, 2.75) is 12.3 Å². The molecule has 7 aromatic carbocycles. The molecule has 1 aliphatic rings. The number of hydrogen-bond acceptors (Lipinski definition) is 2. The van der Waals surface area contributed by atoms with Crippen molar-refractivity contribution in [1.29, 1.82) is 0 Å². The van der Waals surface area contributed by atoms with E-state index in [-0.39, 0.29) is 5.41 Å². The second-order valence-electron chi connectivity index (χ2n) is 12.7. The first-order chi connectivity index (χ1) is 23.7. The minimum Gasteiger partial charge on any atom is -0.228 e. The zero-order chi connectivity index (χ0) is 32.1. The maximum Gasteiger partial charge on any atom is 0.161 e. The number of rotatable bonds is 5. The third-order valence-corrected chi connectivity index (χ3v) is 10.0. The third-order valence-electron chi connectivity index (χ3n) is 10.0. The minimum atomic E-state index is -0.251. The molecule has 1 aromatic heterocycles. The van der Waals surface area contributed by atoms with Gasteiger partial charge in [0.25, 0.3) is 0 Å². The van der Waals surface area contributed by atoms with E-state index in [0.717, 1.165) is 39.3 Å². The summed E-state index contributed by atoms with van der Waals surface area (Å²) in [5.74, 6) is 0.721. The normalized spacial score (nSPS) is 14.9. The predicted octanol–water partition coefficient (Wildman–Crippen LogP) is 11.6. The van der Waals surface area contributed by atoms with Gasteiger partial charge in [0, 0.05) is 22.1 Å². The number of fused-ring (bicyclic) bond motifs is 4. The van der Waals surface area contributed by atoms with Crippen LogP contribution < -0.4 is 0 Å². The van der Waals surface area contributed by atoms with Gasteiger partial charge in [-0.2, -0.15) is 0 Å². The third kappa shape index (κ3) is 4.49. The highest BCUT2D eigenvalue weighted by Crippen LogP contribution is 2.53. The van der Waals surface area contributed by atoms with E-state index in [0.29, 0.717) is 0 Å². The van der Waals surface area contributed by atoms with Crippen molar-refractivity contribution in [3.8, 4) is 56.2 Å². The highest BCUT2D eigenvalue weighted by atomic mass is 14.9. The van der Waals surface area contributed by atoms with Gasteiger partial charge in [0.15, 0.2) is 5.82 Å². The van der Waals surface area contributed by atoms with Crippen LogP contribution in [0.15, 0.2) is 176 Å². The molecule has 8 aromatic rings. The summed E-state index contributed by atoms with van der Waals surface area (Å²) >= 11 is 0. The van der Waals surface area contributed by atoms with E-state index in [1.165, 1.54) is 44.3 Å². The largest absolute Gasteiger partial charge is 0.228 e. The van der Waals surface area contributed by atoms with Crippen LogP contribution in [0.4, 0.5) is 0 Å². The second kappa shape index (κ2) is 11.3. The van der Waals surface area contributed by atoms with Gasteiger partial charge in [-0.15, -0.1) is 0 Å². The Morgan fingerprint density at radius 3 is 1.54 bits per heavy atom. The zero-order valence-electron chi connectivity index (χ0n) is 26.6. The Hall–Kier alpha value is -6.12. The van der Waals surface area contributed by atoms with Crippen molar-refractivity contribution in [3.63, 3.8) is 0 Å². The fraction of sp³-hybridized carbons (Fsp3) is 0.0435. The zero-order valence-corrected chi connectivity index (χ0v) is 26.6. The van der Waals surface area contributed by atoms with Crippen LogP contribution >= 0.6 is 0 Å². The maximum absolute atomic E-state index is 5.16. The van der Waals surface area contributed by atoms with Crippen LogP contribution in [0, 0.1) is 0 Å². The van der Waals surface area contributed by atoms with Crippen LogP contribution in [-0.2, 0) is 5.41 Å². The van der Waals surface area contributed by atoms with E-state index in [9.17, 15) is 0 Å². The molecule has 0 bridgehead atoms. The van der Waals surface area contributed by atoms with Crippen molar-refractivity contribution in [3.05, 3.63) is 193 Å². The summed E-state index contributed by atoms with van der Waals surface area (Å²) in [7, 11) is 0. The summed E-state index contributed by atoms with van der Waals surface area (Å²) in [6.07, 6.45) is 0. The van der Waals surface area contributed by atoms with Crippen molar-refractivity contribution < 1.29 is 0 Å². The lowest BCUT2D eigenvalue weighted by Crippen LogP contribution is -2.22. The summed E-state index contributed by atoms with van der Waals surface area (Å²) in [6, 6.07) is 62.8. The molecule has 0 radical (unpaired) electrons. The van der Waals surface area contributed by atoms with E-state index in [1.807, 2.05) is 12.1 Å². The fourth-order valence-electron chi connectivity index (χ4n) is 7.57. The van der Waals surface area contributed by atoms with E-state index >= 15 is 0 Å². The lowest BCUT2D eigenvalue weighted by atomic mass is 9.74. The highest BCUT2D eigenvalue weighted by molar-refractivity contribution is 6.04. The molecule has 9 rings (SSSR count). The summed E-state index contributed by atoms with van der Waals surface area (Å²) in [5, 5.41) is 2.32. The molecule has 0 spiro atoms. The minimum absolute atomic E-state index is 0.251. The molecule has 0 amide bonds. The average molecular weight is 613 g/mol. The molecule has 226 valence electrons. The molecule has 1 heterocycles. The van der Waals surface area contributed by atoms with Crippen LogP contribution in [0.2, 0.25) is 0 Å². The van der Waals surface area contributed by atoms with Gasteiger partial charge in [0.05, 0.1) is 11.4 Å². The fourth-order valence-corrected chi connectivity index (χ4v) is 7.57. The molecule has 0 saturated carbocycles. The van der Waals surface area contributed by atoms with Gasteiger partial charge in [0.2, 0.25) is 0 Å². The van der Waals surface area contributed by atoms with Crippen molar-refractivity contribution in [2.24, 2.45) is 0 Å². The van der Waals surface area contributed by atoms with Crippen LogP contribution in [0.5, 0.6) is 0 Å². The molecule has 0 aliphatic heterocycles. The van der Waals surface area contributed by atoms with Gasteiger partial charge < -0.3 is 0 Å². The summed E-state index contributed by atoms with van der Waals surface area (Å²) in [5.41, 5.74) is 13.7. The number of nitrogens with zero attached hydrogens (tertiary/aromatic N) is 2. The molecule has 1 unspecified atom stereocenters. The standard InChI is InChI=1S/C46H32N2/c1-46(34-19-9-4-10-20-34)41-24-14-13-23-38(41)39-26-25-33(29-42(39)46)35-27-28-40(37-22-12-11-21-36(35)37)45-47-43(31-15-5-2-6-16-31)30-44(48-45)32-17-7-3-8-18-32/h2-30H,1H3. The van der Waals surface area contributed by atoms with Crippen molar-refractivity contribution >= 4 is 10.8 Å². The Kier molecular flexibility index (Phi) is 6.62. The van der Waals surface area contributed by atoms with Crippen LogP contribution in [-0.4, -0.2) is 9.97 Å². The summed E-state index contributed by atoms with van der Waals surface area (Å²) < 4.78 is 0. The quantitative estimate of drug-likeness (QED) is 0.193. The SMILES string of the molecule is CC1(c2ccccc2)c2ccccc2-c2ccc(-c3ccc(-c4nc(-c5ccccc5)cc(-c5ccccc5)n4)c4ccccc34)cc21. The lowest BCUT2D eigenvalue weighted by Gasteiger charge is -2.28. The molecule has 0 fully saturated rings. The number of aromatic nitrogens is 2. The van der Waals surface area contributed by atoms with E-state index in [4.69, 9.17) is 9.97 Å². The Labute approximate surface area is 281 Å². The second-order valence-corrected chi connectivity index (χ2v) is 12.7. The summed E-state index contributed by atoms with van der Waals surface area (Å²) in [4.78, 5) is 10.3. The van der Waals surface area contributed by atoms with Gasteiger partial charge in [-0.3, -0.25) is 0 Å². The van der Waals surface area contributed by atoms with E-state index in [1.54, 1.807) is 0 Å². The molecule has 1 aliphatic carbocycles. The van der Waals surface area contributed by atoms with E-state index in [2.05, 4.69) is 171 Å². The molecule has 0 saturated heterocycles. The monoisotopic (exact) mass is 612 g/mol. The van der Waals surface area contributed by atoms with Gasteiger partial charge >= 0.3 is 0 Å². The molecule has 2 nitrogen and oxygen atoms in total. The first kappa shape index (κ1) is 28.1. The van der Waals surface area contributed by atoms with Gasteiger partial charge in [-0.25, -0.2) is 9.97 Å². The van der Waals surface area contributed by atoms with Gasteiger partial charge in [-0.05, 0) is 74.8 Å². The summed E-state index contributed by atoms with van der Waals surface area (Å²) in [6.45, 7) is 2.37. The average Bonchev–Trinajstić information content (AvgIpc) is 3.43. The van der Waals surface area contributed by atoms with Gasteiger partial charge in [0.1, 0.15) is 0 Å². The van der Waals surface area contributed by atoms with Crippen molar-refractivity contribution in [1.82, 2.24) is 9.97 Å². The molecular formula is C46H32N2. The highest BCUT2D eigenvalue weighted by Gasteiger charge is 2.40. The lowest BCUT2D eigenvalue weighted by molar-refractivity contribution is 0.714. The Bertz CT molecular complexity index is 2390. The Balaban J connectivity index is 1.22. The maximum atomic E-state index is 5.16. The van der Waals surface area contributed by atoms with Gasteiger partial charge in [-0.1, -0.05) is 158 Å². The number of benzene rings is 7. The van der Waals surface area contributed by atoms with E-state index < -0.39 is 0 Å². The smallest absolute Gasteiger partial charge is 0.161 e. The van der Waals surface area contributed by atoms with Crippen molar-refractivity contribution in [2.75, 3.05) is 0 Å². The predicted molar refractivity (Wildman–Crippen MR) is 199 cm³/mol. The molecule has 0 N–H and O–H groups in total.